The smallest absolute Gasteiger partial charge is 0.254 e. The number of para-hydroxylation sites is 1. The molecule has 9 rings (SSSR count). The lowest BCUT2D eigenvalue weighted by Crippen LogP contribution is -2.53. The van der Waals surface area contributed by atoms with Gasteiger partial charge in [0.15, 0.2) is 5.82 Å². The van der Waals surface area contributed by atoms with Crippen molar-refractivity contribution in [2.45, 2.75) is 63.8 Å². The highest BCUT2D eigenvalue weighted by Gasteiger charge is 2.61. The van der Waals surface area contributed by atoms with Crippen LogP contribution in [0.3, 0.4) is 0 Å². The number of aliphatic hydroxyl groups is 1. The van der Waals surface area contributed by atoms with Gasteiger partial charge in [0, 0.05) is 47.7 Å². The maximum Gasteiger partial charge on any atom is 0.254 e. The number of aryl methyl sites for hydroxylation is 1. The van der Waals surface area contributed by atoms with Gasteiger partial charge in [-0.15, -0.1) is 0 Å². The van der Waals surface area contributed by atoms with Crippen LogP contribution in [0.1, 0.15) is 54.9 Å². The van der Waals surface area contributed by atoms with Crippen LogP contribution in [0.5, 0.6) is 0 Å². The van der Waals surface area contributed by atoms with Crippen LogP contribution >= 0.6 is 0 Å². The van der Waals surface area contributed by atoms with E-state index in [9.17, 15) is 9.90 Å². The number of amides is 1. The Morgan fingerprint density at radius 1 is 1.14 bits per heavy atom. The van der Waals surface area contributed by atoms with Crippen LogP contribution < -0.4 is 0 Å². The zero-order valence-corrected chi connectivity index (χ0v) is 21.2. The van der Waals surface area contributed by atoms with Crippen molar-refractivity contribution in [1.29, 1.82) is 0 Å². The van der Waals surface area contributed by atoms with Gasteiger partial charge < -0.3 is 19.1 Å². The molecular weight excluding hydrogens is 460 g/mol. The van der Waals surface area contributed by atoms with Crippen molar-refractivity contribution in [2.75, 3.05) is 6.54 Å². The Hall–Kier alpha value is -3.12. The molecule has 5 atom stereocenters. The van der Waals surface area contributed by atoms with Crippen LogP contribution in [0, 0.1) is 23.7 Å². The van der Waals surface area contributed by atoms with Gasteiger partial charge in [-0.1, -0.05) is 18.2 Å². The zero-order chi connectivity index (χ0) is 24.6. The maximum absolute atomic E-state index is 13.8. The van der Waals surface area contributed by atoms with Gasteiger partial charge in [0.05, 0.1) is 22.3 Å². The molecule has 2 aliphatic heterocycles. The first kappa shape index (κ1) is 20.9. The van der Waals surface area contributed by atoms with Crippen molar-refractivity contribution in [3.8, 4) is 11.5 Å². The first-order chi connectivity index (χ1) is 18.0. The normalized spacial score (nSPS) is 31.5. The molecule has 4 aromatic rings. The molecule has 37 heavy (non-hydrogen) atoms. The van der Waals surface area contributed by atoms with E-state index in [0.29, 0.717) is 30.5 Å². The van der Waals surface area contributed by atoms with Crippen LogP contribution in [0.25, 0.3) is 33.5 Å². The molecule has 0 radical (unpaired) electrons. The molecule has 2 aromatic heterocycles. The number of benzene rings is 2. The minimum Gasteiger partial charge on any atom is -0.385 e. The molecule has 1 N–H and O–H groups in total. The number of aromatic nitrogens is 3. The summed E-state index contributed by atoms with van der Waals surface area (Å²) in [7, 11) is 0. The SMILES string of the molecule is C[C@]1(O)CCn2c(-c3cc4ccccc4n3CC3CC3)nc3cc(C(=O)N4CC5CC6CC4[C@H]65)cc1c32. The Morgan fingerprint density at radius 2 is 2.00 bits per heavy atom. The van der Waals surface area contributed by atoms with E-state index in [4.69, 9.17) is 4.98 Å². The van der Waals surface area contributed by atoms with E-state index < -0.39 is 5.60 Å². The molecule has 4 fully saturated rings. The molecule has 3 unspecified atom stereocenters. The molecule has 3 aliphatic carbocycles. The highest BCUT2D eigenvalue weighted by molar-refractivity contribution is 6.00. The molecule has 5 aliphatic rings. The highest BCUT2D eigenvalue weighted by Crippen LogP contribution is 2.60. The van der Waals surface area contributed by atoms with Gasteiger partial charge in [0.2, 0.25) is 0 Å². The first-order valence-corrected chi connectivity index (χ1v) is 14.1. The highest BCUT2D eigenvalue weighted by atomic mass is 16.3. The fourth-order valence-electron chi connectivity index (χ4n) is 8.19. The van der Waals surface area contributed by atoms with Crippen molar-refractivity contribution in [2.24, 2.45) is 23.7 Å². The summed E-state index contributed by atoms with van der Waals surface area (Å²) >= 11 is 0. The van der Waals surface area contributed by atoms with E-state index >= 15 is 0 Å². The average molecular weight is 493 g/mol. The number of rotatable bonds is 4. The van der Waals surface area contributed by atoms with E-state index in [1.807, 2.05) is 19.1 Å². The van der Waals surface area contributed by atoms with Crippen LogP contribution in [-0.4, -0.2) is 42.6 Å². The topological polar surface area (TPSA) is 63.3 Å². The van der Waals surface area contributed by atoms with Crippen molar-refractivity contribution in [3.05, 3.63) is 53.6 Å². The second-order valence-corrected chi connectivity index (χ2v) is 12.7. The van der Waals surface area contributed by atoms with Gasteiger partial charge in [-0.2, -0.15) is 0 Å². The second-order valence-electron chi connectivity index (χ2n) is 12.7. The van der Waals surface area contributed by atoms with Crippen LogP contribution in [0.4, 0.5) is 0 Å². The Kier molecular flexibility index (Phi) is 3.86. The molecule has 3 saturated carbocycles. The van der Waals surface area contributed by atoms with Crippen LogP contribution in [0.2, 0.25) is 0 Å². The lowest BCUT2D eigenvalue weighted by atomic mass is 9.53. The number of nitrogens with zero attached hydrogens (tertiary/aromatic N) is 4. The number of imidazole rings is 1. The third kappa shape index (κ3) is 2.74. The summed E-state index contributed by atoms with van der Waals surface area (Å²) < 4.78 is 4.74. The van der Waals surface area contributed by atoms with E-state index in [-0.39, 0.29) is 5.91 Å². The van der Waals surface area contributed by atoms with Gasteiger partial charge in [-0.05, 0) is 87.0 Å². The number of fused-ring (bicyclic) bond motifs is 1. The summed E-state index contributed by atoms with van der Waals surface area (Å²) in [5, 5.41) is 12.7. The number of hydrogen-bond acceptors (Lipinski definition) is 3. The zero-order valence-electron chi connectivity index (χ0n) is 21.2. The van der Waals surface area contributed by atoms with E-state index in [0.717, 1.165) is 59.0 Å². The number of carbonyl (C=O) groups excluding carboxylic acids is 1. The maximum atomic E-state index is 13.8. The summed E-state index contributed by atoms with van der Waals surface area (Å²) in [5.41, 5.74) is 4.76. The number of hydrogen-bond donors (Lipinski definition) is 1. The molecule has 1 saturated heterocycles. The van der Waals surface area contributed by atoms with Crippen molar-refractivity contribution >= 4 is 27.8 Å². The average Bonchev–Trinajstić information content (AvgIpc) is 3.52. The van der Waals surface area contributed by atoms with Gasteiger partial charge in [-0.25, -0.2) is 4.98 Å². The number of carbonyl (C=O) groups is 1. The monoisotopic (exact) mass is 492 g/mol. The van der Waals surface area contributed by atoms with Gasteiger partial charge in [-0.3, -0.25) is 4.79 Å². The lowest BCUT2D eigenvalue weighted by molar-refractivity contribution is -0.0204. The Labute approximate surface area is 215 Å². The Balaban J connectivity index is 1.22. The molecule has 2 aromatic carbocycles. The van der Waals surface area contributed by atoms with Crippen LogP contribution in [-0.2, 0) is 18.7 Å². The molecule has 1 amide bonds. The molecule has 4 heterocycles. The minimum absolute atomic E-state index is 0.122. The summed E-state index contributed by atoms with van der Waals surface area (Å²) in [6.45, 7) is 4.52. The van der Waals surface area contributed by atoms with E-state index in [1.54, 1.807) is 0 Å². The molecule has 6 nitrogen and oxygen atoms in total. The Bertz CT molecular complexity index is 1640. The largest absolute Gasteiger partial charge is 0.385 e. The summed E-state index contributed by atoms with van der Waals surface area (Å²) in [6, 6.07) is 15.3. The summed E-state index contributed by atoms with van der Waals surface area (Å²) in [4.78, 5) is 21.1. The molecule has 0 bridgehead atoms. The minimum atomic E-state index is -0.978. The molecule has 6 heteroatoms. The standard InChI is InChI=1S/C31H32N4O2/c1-31(37)8-9-33-28-22(31)11-20(30(36)35-16-21-10-19-14-25(35)27(19)21)12-23(28)32-29(33)26-13-18-4-2-3-5-24(18)34(26)15-17-6-7-17/h2-5,11-13,17,19,21,25,27,37H,6-10,14-16H2,1H3/t19?,21?,25?,27-,31+/m1/s1. The van der Waals surface area contributed by atoms with Gasteiger partial charge >= 0.3 is 0 Å². The molecular formula is C31H32N4O2. The van der Waals surface area contributed by atoms with Gasteiger partial charge in [0.1, 0.15) is 0 Å². The van der Waals surface area contributed by atoms with E-state index in [1.165, 1.54) is 36.6 Å². The fraction of sp³-hybridized carbons (Fsp3) is 0.484. The lowest BCUT2D eigenvalue weighted by Gasteiger charge is -2.52. The third-order valence-corrected chi connectivity index (χ3v) is 10.4. The van der Waals surface area contributed by atoms with Crippen molar-refractivity contribution in [3.63, 3.8) is 0 Å². The van der Waals surface area contributed by atoms with Crippen LogP contribution in [0.15, 0.2) is 42.5 Å². The summed E-state index contributed by atoms with van der Waals surface area (Å²) in [5.74, 6) is 4.12. The second kappa shape index (κ2) is 6.84. The quantitative estimate of drug-likeness (QED) is 0.428. The van der Waals surface area contributed by atoms with Crippen molar-refractivity contribution in [1.82, 2.24) is 19.0 Å². The summed E-state index contributed by atoms with van der Waals surface area (Å²) in [6.07, 6.45) is 5.66. The van der Waals surface area contributed by atoms with E-state index in [2.05, 4.69) is 44.4 Å². The molecule has 188 valence electrons. The predicted octanol–water partition coefficient (Wildman–Crippen LogP) is 5.16. The number of likely N-dealkylation sites (tertiary alicyclic amines) is 1. The predicted molar refractivity (Wildman–Crippen MR) is 142 cm³/mol. The Morgan fingerprint density at radius 3 is 2.81 bits per heavy atom. The fourth-order valence-corrected chi connectivity index (χ4v) is 8.19. The first-order valence-electron chi connectivity index (χ1n) is 14.1. The third-order valence-electron chi connectivity index (χ3n) is 10.4. The molecule has 0 spiro atoms. The van der Waals surface area contributed by atoms with Crippen molar-refractivity contribution < 1.29 is 9.90 Å². The van der Waals surface area contributed by atoms with Gasteiger partial charge in [0.25, 0.3) is 5.91 Å².